The first kappa shape index (κ1) is 13.0. The molecule has 0 aromatic heterocycles. The lowest BCUT2D eigenvalue weighted by atomic mass is 10.0. The van der Waals surface area contributed by atoms with Crippen molar-refractivity contribution in [2.24, 2.45) is 0 Å². The fourth-order valence-corrected chi connectivity index (χ4v) is 2.18. The van der Waals surface area contributed by atoms with Crippen LogP contribution in [-0.2, 0) is 6.42 Å². The van der Waals surface area contributed by atoms with Crippen molar-refractivity contribution in [3.8, 4) is 0 Å². The lowest BCUT2D eigenvalue weighted by Gasteiger charge is -2.04. The topological polar surface area (TPSA) is 17.1 Å². The number of halogens is 2. The van der Waals surface area contributed by atoms with E-state index in [9.17, 15) is 9.18 Å². The Morgan fingerprint density at radius 3 is 2.72 bits per heavy atom. The van der Waals surface area contributed by atoms with E-state index in [1.54, 1.807) is 18.2 Å². The fraction of sp³-hybridized carbons (Fsp3) is 0.133. The Kier molecular flexibility index (Phi) is 3.92. The SMILES string of the molecule is Cc1cccc(C(=O)Cc2cc(Br)ccc2F)c1. The number of hydrogen-bond acceptors (Lipinski definition) is 1. The lowest BCUT2D eigenvalue weighted by Crippen LogP contribution is -2.05. The van der Waals surface area contributed by atoms with Gasteiger partial charge in [0.1, 0.15) is 5.82 Å². The summed E-state index contributed by atoms with van der Waals surface area (Å²) in [4.78, 5) is 12.0. The Labute approximate surface area is 114 Å². The second kappa shape index (κ2) is 5.44. The van der Waals surface area contributed by atoms with Crippen LogP contribution in [0.1, 0.15) is 21.5 Å². The predicted octanol–water partition coefficient (Wildman–Crippen LogP) is 4.32. The summed E-state index contributed by atoms with van der Waals surface area (Å²) in [5.74, 6) is -0.421. The Morgan fingerprint density at radius 1 is 1.22 bits per heavy atom. The van der Waals surface area contributed by atoms with Gasteiger partial charge in [0.25, 0.3) is 0 Å². The molecule has 2 aromatic carbocycles. The van der Waals surface area contributed by atoms with E-state index in [1.807, 2.05) is 25.1 Å². The summed E-state index contributed by atoms with van der Waals surface area (Å²) in [5.41, 5.74) is 2.06. The van der Waals surface area contributed by atoms with Crippen LogP contribution in [0.4, 0.5) is 4.39 Å². The van der Waals surface area contributed by atoms with E-state index in [2.05, 4.69) is 15.9 Å². The van der Waals surface area contributed by atoms with Crippen molar-refractivity contribution >= 4 is 21.7 Å². The Hall–Kier alpha value is -1.48. The van der Waals surface area contributed by atoms with Gasteiger partial charge in [0.2, 0.25) is 0 Å². The van der Waals surface area contributed by atoms with Gasteiger partial charge in [-0.15, -0.1) is 0 Å². The maximum Gasteiger partial charge on any atom is 0.167 e. The van der Waals surface area contributed by atoms with E-state index in [-0.39, 0.29) is 18.0 Å². The summed E-state index contributed by atoms with van der Waals surface area (Å²) in [6.45, 7) is 1.93. The number of carbonyl (C=O) groups is 1. The molecule has 0 aliphatic heterocycles. The highest BCUT2D eigenvalue weighted by Crippen LogP contribution is 2.17. The first-order valence-electron chi connectivity index (χ1n) is 5.60. The summed E-state index contributed by atoms with van der Waals surface area (Å²) >= 11 is 3.28. The highest BCUT2D eigenvalue weighted by atomic mass is 79.9. The van der Waals surface area contributed by atoms with Gasteiger partial charge in [-0.25, -0.2) is 4.39 Å². The third kappa shape index (κ3) is 3.05. The Bertz CT molecular complexity index is 593. The van der Waals surface area contributed by atoms with E-state index < -0.39 is 0 Å². The zero-order chi connectivity index (χ0) is 13.1. The quantitative estimate of drug-likeness (QED) is 0.772. The Morgan fingerprint density at radius 2 is 2.00 bits per heavy atom. The molecule has 18 heavy (non-hydrogen) atoms. The molecule has 92 valence electrons. The van der Waals surface area contributed by atoms with Gasteiger partial charge >= 0.3 is 0 Å². The number of carbonyl (C=O) groups excluding carboxylic acids is 1. The van der Waals surface area contributed by atoms with Gasteiger partial charge in [0, 0.05) is 16.5 Å². The minimum absolute atomic E-state index is 0.0734. The summed E-state index contributed by atoms with van der Waals surface area (Å²) < 4.78 is 14.3. The van der Waals surface area contributed by atoms with Crippen LogP contribution in [0.15, 0.2) is 46.9 Å². The van der Waals surface area contributed by atoms with Crippen LogP contribution in [0.25, 0.3) is 0 Å². The lowest BCUT2D eigenvalue weighted by molar-refractivity contribution is 0.0991. The average molecular weight is 307 g/mol. The van der Waals surface area contributed by atoms with Crippen LogP contribution < -0.4 is 0 Å². The minimum atomic E-state index is -0.348. The van der Waals surface area contributed by atoms with E-state index in [0.29, 0.717) is 11.1 Å². The molecule has 3 heteroatoms. The van der Waals surface area contributed by atoms with Crippen molar-refractivity contribution in [2.45, 2.75) is 13.3 Å². The van der Waals surface area contributed by atoms with Crippen molar-refractivity contribution < 1.29 is 9.18 Å². The van der Waals surface area contributed by atoms with Crippen LogP contribution in [-0.4, -0.2) is 5.78 Å². The van der Waals surface area contributed by atoms with Gasteiger partial charge in [-0.3, -0.25) is 4.79 Å². The molecule has 2 rings (SSSR count). The standard InChI is InChI=1S/C15H12BrFO/c1-10-3-2-4-11(7-10)15(18)9-12-8-13(16)5-6-14(12)17/h2-8H,9H2,1H3. The highest BCUT2D eigenvalue weighted by molar-refractivity contribution is 9.10. The number of aryl methyl sites for hydroxylation is 1. The third-order valence-electron chi connectivity index (χ3n) is 2.70. The predicted molar refractivity (Wildman–Crippen MR) is 73.3 cm³/mol. The number of benzene rings is 2. The highest BCUT2D eigenvalue weighted by Gasteiger charge is 2.11. The summed E-state index contributed by atoms with van der Waals surface area (Å²) in [6, 6.07) is 12.0. The van der Waals surface area contributed by atoms with Crippen molar-refractivity contribution in [1.82, 2.24) is 0 Å². The second-order valence-electron chi connectivity index (χ2n) is 4.21. The van der Waals surface area contributed by atoms with Crippen LogP contribution >= 0.6 is 15.9 Å². The van der Waals surface area contributed by atoms with E-state index >= 15 is 0 Å². The number of ketones is 1. The molecule has 0 saturated heterocycles. The molecule has 0 aliphatic rings. The van der Waals surface area contributed by atoms with Gasteiger partial charge < -0.3 is 0 Å². The molecule has 0 amide bonds. The van der Waals surface area contributed by atoms with E-state index in [0.717, 1.165) is 10.0 Å². The minimum Gasteiger partial charge on any atom is -0.294 e. The molecule has 2 aromatic rings. The maximum absolute atomic E-state index is 13.6. The summed E-state index contributed by atoms with van der Waals surface area (Å²) in [6.07, 6.45) is 0.0781. The molecule has 0 heterocycles. The fourth-order valence-electron chi connectivity index (χ4n) is 1.77. The van der Waals surface area contributed by atoms with Gasteiger partial charge in [0.15, 0.2) is 5.78 Å². The number of rotatable bonds is 3. The van der Waals surface area contributed by atoms with Crippen LogP contribution in [0.5, 0.6) is 0 Å². The first-order chi connectivity index (χ1) is 8.56. The molecule has 0 spiro atoms. The molecule has 0 fully saturated rings. The normalized spacial score (nSPS) is 10.4. The van der Waals surface area contributed by atoms with Crippen molar-refractivity contribution in [2.75, 3.05) is 0 Å². The van der Waals surface area contributed by atoms with Crippen LogP contribution in [0.3, 0.4) is 0 Å². The summed E-state index contributed by atoms with van der Waals surface area (Å²) in [7, 11) is 0. The van der Waals surface area contributed by atoms with Crippen molar-refractivity contribution in [3.05, 3.63) is 69.4 Å². The van der Waals surface area contributed by atoms with E-state index in [4.69, 9.17) is 0 Å². The molecule has 0 N–H and O–H groups in total. The van der Waals surface area contributed by atoms with Crippen molar-refractivity contribution in [3.63, 3.8) is 0 Å². The van der Waals surface area contributed by atoms with Gasteiger partial charge in [-0.2, -0.15) is 0 Å². The van der Waals surface area contributed by atoms with Crippen LogP contribution in [0, 0.1) is 12.7 Å². The van der Waals surface area contributed by atoms with Gasteiger partial charge in [0.05, 0.1) is 0 Å². The largest absolute Gasteiger partial charge is 0.294 e. The maximum atomic E-state index is 13.6. The Balaban J connectivity index is 2.24. The molecule has 0 atom stereocenters. The molecule has 0 radical (unpaired) electrons. The zero-order valence-corrected chi connectivity index (χ0v) is 11.5. The third-order valence-corrected chi connectivity index (χ3v) is 3.19. The van der Waals surface area contributed by atoms with Gasteiger partial charge in [-0.1, -0.05) is 39.7 Å². The zero-order valence-electron chi connectivity index (χ0n) is 9.91. The molecule has 1 nitrogen and oxygen atoms in total. The molecular formula is C15H12BrFO. The van der Waals surface area contributed by atoms with Gasteiger partial charge in [-0.05, 0) is 36.8 Å². The summed E-state index contributed by atoms with van der Waals surface area (Å²) in [5, 5.41) is 0. The molecular weight excluding hydrogens is 295 g/mol. The molecule has 0 saturated carbocycles. The second-order valence-corrected chi connectivity index (χ2v) is 5.12. The molecule has 0 bridgehead atoms. The molecule has 0 aliphatic carbocycles. The average Bonchev–Trinajstić information content (AvgIpc) is 2.34. The number of hydrogen-bond donors (Lipinski definition) is 0. The monoisotopic (exact) mass is 306 g/mol. The van der Waals surface area contributed by atoms with Crippen LogP contribution in [0.2, 0.25) is 0 Å². The number of Topliss-reactive ketones (excluding diaryl/α,β-unsaturated/α-hetero) is 1. The van der Waals surface area contributed by atoms with E-state index in [1.165, 1.54) is 6.07 Å². The molecule has 0 unspecified atom stereocenters. The first-order valence-corrected chi connectivity index (χ1v) is 6.39. The van der Waals surface area contributed by atoms with Crippen molar-refractivity contribution in [1.29, 1.82) is 0 Å². The smallest absolute Gasteiger partial charge is 0.167 e.